The summed E-state index contributed by atoms with van der Waals surface area (Å²) in [5, 5.41) is 11.5. The van der Waals surface area contributed by atoms with Gasteiger partial charge >= 0.3 is 0 Å². The van der Waals surface area contributed by atoms with Crippen LogP contribution in [0.3, 0.4) is 0 Å². The van der Waals surface area contributed by atoms with Crippen LogP contribution in [0.4, 0.5) is 5.69 Å². The Labute approximate surface area is 105 Å². The Hall–Kier alpha value is -2.54. The maximum atomic E-state index is 12.0. The third-order valence-electron chi connectivity index (χ3n) is 2.90. The fraction of sp³-hybridized carbons (Fsp3) is 0.143. The van der Waals surface area contributed by atoms with E-state index in [9.17, 15) is 4.79 Å². The molecule has 0 fully saturated rings. The van der Waals surface area contributed by atoms with Gasteiger partial charge < -0.3 is 9.88 Å². The minimum absolute atomic E-state index is 0.141. The number of hydrogen-bond donors (Lipinski definition) is 1. The van der Waals surface area contributed by atoms with E-state index in [4.69, 9.17) is 5.26 Å². The van der Waals surface area contributed by atoms with Crippen LogP contribution in [0.1, 0.15) is 21.6 Å². The molecule has 0 radical (unpaired) electrons. The van der Waals surface area contributed by atoms with Crippen LogP contribution in [0.25, 0.3) is 0 Å². The van der Waals surface area contributed by atoms with Crippen molar-refractivity contribution < 1.29 is 4.79 Å². The average molecular weight is 239 g/mol. The van der Waals surface area contributed by atoms with Crippen molar-refractivity contribution in [2.45, 2.75) is 6.92 Å². The summed E-state index contributed by atoms with van der Waals surface area (Å²) < 4.78 is 1.90. The number of amides is 1. The normalized spacial score (nSPS) is 9.83. The zero-order valence-electron chi connectivity index (χ0n) is 10.3. The van der Waals surface area contributed by atoms with Gasteiger partial charge in [-0.1, -0.05) is 0 Å². The van der Waals surface area contributed by atoms with E-state index < -0.39 is 0 Å². The number of aryl methyl sites for hydroxylation is 1. The molecule has 1 N–H and O–H groups in total. The number of nitriles is 1. The molecule has 90 valence electrons. The van der Waals surface area contributed by atoms with E-state index in [1.807, 2.05) is 30.8 Å². The molecule has 0 saturated heterocycles. The summed E-state index contributed by atoms with van der Waals surface area (Å²) in [5.74, 6) is -0.141. The standard InChI is InChI=1S/C14H13N3O/c1-10-13(7-8-17(10)2)14(18)16-12-5-3-11(9-15)4-6-12/h3-8H,1-2H3,(H,16,18). The van der Waals surface area contributed by atoms with Gasteiger partial charge in [-0.25, -0.2) is 0 Å². The fourth-order valence-corrected chi connectivity index (χ4v) is 1.68. The number of rotatable bonds is 2. The number of hydrogen-bond acceptors (Lipinski definition) is 2. The molecule has 0 aliphatic rings. The van der Waals surface area contributed by atoms with E-state index in [0.29, 0.717) is 16.8 Å². The number of carbonyl (C=O) groups is 1. The van der Waals surface area contributed by atoms with Crippen LogP contribution in [0.5, 0.6) is 0 Å². The first-order valence-corrected chi connectivity index (χ1v) is 5.55. The molecule has 0 aliphatic heterocycles. The summed E-state index contributed by atoms with van der Waals surface area (Å²) in [6, 6.07) is 10.6. The maximum absolute atomic E-state index is 12.0. The molecule has 0 spiro atoms. The minimum atomic E-state index is -0.141. The van der Waals surface area contributed by atoms with Gasteiger partial charge in [0.25, 0.3) is 5.91 Å². The Kier molecular flexibility index (Phi) is 3.16. The van der Waals surface area contributed by atoms with Crippen molar-refractivity contribution in [2.75, 3.05) is 5.32 Å². The first-order chi connectivity index (χ1) is 8.61. The quantitative estimate of drug-likeness (QED) is 0.875. The lowest BCUT2D eigenvalue weighted by Gasteiger charge is -2.05. The zero-order valence-corrected chi connectivity index (χ0v) is 10.3. The van der Waals surface area contributed by atoms with Crippen LogP contribution < -0.4 is 5.32 Å². The van der Waals surface area contributed by atoms with Gasteiger partial charge in [0.05, 0.1) is 17.2 Å². The van der Waals surface area contributed by atoms with Crippen molar-refractivity contribution in [3.05, 3.63) is 53.3 Å². The van der Waals surface area contributed by atoms with E-state index in [1.54, 1.807) is 30.3 Å². The Morgan fingerprint density at radius 1 is 1.28 bits per heavy atom. The molecule has 0 unspecified atom stereocenters. The first kappa shape index (κ1) is 11.9. The molecule has 18 heavy (non-hydrogen) atoms. The summed E-state index contributed by atoms with van der Waals surface area (Å²) >= 11 is 0. The van der Waals surface area contributed by atoms with Crippen LogP contribution in [0.15, 0.2) is 36.5 Å². The van der Waals surface area contributed by atoms with Crippen molar-refractivity contribution in [2.24, 2.45) is 7.05 Å². The molecule has 4 nitrogen and oxygen atoms in total. The smallest absolute Gasteiger partial charge is 0.257 e. The topological polar surface area (TPSA) is 57.8 Å². The van der Waals surface area contributed by atoms with Crippen molar-refractivity contribution in [3.63, 3.8) is 0 Å². The molecule has 2 rings (SSSR count). The average Bonchev–Trinajstić information content (AvgIpc) is 2.71. The van der Waals surface area contributed by atoms with Crippen LogP contribution in [0, 0.1) is 18.3 Å². The molecule has 2 aromatic rings. The van der Waals surface area contributed by atoms with E-state index in [0.717, 1.165) is 5.69 Å². The van der Waals surface area contributed by atoms with E-state index >= 15 is 0 Å². The second-order valence-electron chi connectivity index (χ2n) is 4.07. The molecule has 0 saturated carbocycles. The molecule has 4 heteroatoms. The van der Waals surface area contributed by atoms with Crippen molar-refractivity contribution in [3.8, 4) is 6.07 Å². The van der Waals surface area contributed by atoms with E-state index in [-0.39, 0.29) is 5.91 Å². The highest BCUT2D eigenvalue weighted by Crippen LogP contribution is 2.13. The molecule has 0 aliphatic carbocycles. The number of benzene rings is 1. The lowest BCUT2D eigenvalue weighted by atomic mass is 10.2. The lowest BCUT2D eigenvalue weighted by Crippen LogP contribution is -2.12. The zero-order chi connectivity index (χ0) is 13.1. The van der Waals surface area contributed by atoms with Gasteiger partial charge in [0.1, 0.15) is 0 Å². The number of anilines is 1. The first-order valence-electron chi connectivity index (χ1n) is 5.55. The van der Waals surface area contributed by atoms with Gasteiger partial charge in [0.15, 0.2) is 0 Å². The molecular formula is C14H13N3O. The molecule has 0 atom stereocenters. The van der Waals surface area contributed by atoms with Crippen molar-refractivity contribution in [1.82, 2.24) is 4.57 Å². The molecule has 1 heterocycles. The molecule has 1 amide bonds. The SMILES string of the molecule is Cc1c(C(=O)Nc2ccc(C#N)cc2)ccn1C. The maximum Gasteiger partial charge on any atom is 0.257 e. The van der Waals surface area contributed by atoms with Crippen molar-refractivity contribution in [1.29, 1.82) is 5.26 Å². The highest BCUT2D eigenvalue weighted by molar-refractivity contribution is 6.05. The van der Waals surface area contributed by atoms with Crippen LogP contribution >= 0.6 is 0 Å². The number of nitrogens with one attached hydrogen (secondary N) is 1. The fourth-order valence-electron chi connectivity index (χ4n) is 1.68. The largest absolute Gasteiger partial charge is 0.354 e. The Bertz CT molecular complexity index is 617. The number of carbonyl (C=O) groups excluding carboxylic acids is 1. The Morgan fingerprint density at radius 2 is 1.94 bits per heavy atom. The van der Waals surface area contributed by atoms with Gasteiger partial charge in [-0.2, -0.15) is 5.26 Å². The second kappa shape index (κ2) is 4.76. The molecule has 1 aromatic heterocycles. The van der Waals surface area contributed by atoms with Crippen LogP contribution in [-0.4, -0.2) is 10.5 Å². The minimum Gasteiger partial charge on any atom is -0.354 e. The Morgan fingerprint density at radius 3 is 2.44 bits per heavy atom. The summed E-state index contributed by atoms with van der Waals surface area (Å²) in [6.07, 6.45) is 1.85. The summed E-state index contributed by atoms with van der Waals surface area (Å²) in [5.41, 5.74) is 2.83. The third kappa shape index (κ3) is 2.25. The highest BCUT2D eigenvalue weighted by Gasteiger charge is 2.11. The van der Waals surface area contributed by atoms with Gasteiger partial charge in [-0.3, -0.25) is 4.79 Å². The van der Waals surface area contributed by atoms with Crippen LogP contribution in [-0.2, 0) is 7.05 Å². The Balaban J connectivity index is 2.16. The molecule has 0 bridgehead atoms. The molecular weight excluding hydrogens is 226 g/mol. The van der Waals surface area contributed by atoms with E-state index in [1.165, 1.54) is 0 Å². The number of aromatic nitrogens is 1. The lowest BCUT2D eigenvalue weighted by molar-refractivity contribution is 0.102. The van der Waals surface area contributed by atoms with E-state index in [2.05, 4.69) is 5.32 Å². The second-order valence-corrected chi connectivity index (χ2v) is 4.07. The monoisotopic (exact) mass is 239 g/mol. The third-order valence-corrected chi connectivity index (χ3v) is 2.90. The summed E-state index contributed by atoms with van der Waals surface area (Å²) in [4.78, 5) is 12.0. The summed E-state index contributed by atoms with van der Waals surface area (Å²) in [6.45, 7) is 1.90. The van der Waals surface area contributed by atoms with Gasteiger partial charge in [0.2, 0.25) is 0 Å². The molecule has 1 aromatic carbocycles. The van der Waals surface area contributed by atoms with Gasteiger partial charge in [-0.15, -0.1) is 0 Å². The predicted octanol–water partition coefficient (Wildman–Crippen LogP) is 2.46. The van der Waals surface area contributed by atoms with Gasteiger partial charge in [-0.05, 0) is 37.3 Å². The van der Waals surface area contributed by atoms with Crippen LogP contribution in [0.2, 0.25) is 0 Å². The predicted molar refractivity (Wildman–Crippen MR) is 69.3 cm³/mol. The van der Waals surface area contributed by atoms with Crippen molar-refractivity contribution >= 4 is 11.6 Å². The highest BCUT2D eigenvalue weighted by atomic mass is 16.1. The number of nitrogens with zero attached hydrogens (tertiary/aromatic N) is 2. The van der Waals surface area contributed by atoms with Gasteiger partial charge in [0, 0.05) is 24.6 Å². The summed E-state index contributed by atoms with van der Waals surface area (Å²) in [7, 11) is 1.90.